The first kappa shape index (κ1) is 6.13. The molecule has 0 fully saturated rings. The zero-order valence-corrected chi connectivity index (χ0v) is 4.64. The highest BCUT2D eigenvalue weighted by molar-refractivity contribution is 5.08. The number of hydrogen-bond acceptors (Lipinski definition) is 1. The van der Waals surface area contributed by atoms with E-state index < -0.39 is 12.5 Å². The number of hydrogen-bond donors (Lipinski definition) is 0. The maximum Gasteiger partial charge on any atom is 0.141 e. The first-order chi connectivity index (χ1) is 4.33. The molecule has 48 valence electrons. The Balaban J connectivity index is 2.94. The molecule has 0 bridgehead atoms. The Morgan fingerprint density at radius 1 is 1.44 bits per heavy atom. The van der Waals surface area contributed by atoms with Crippen molar-refractivity contribution in [1.82, 2.24) is 4.98 Å². The van der Waals surface area contributed by atoms with E-state index in [9.17, 15) is 8.78 Å². The molecule has 1 rings (SSSR count). The number of aromatic nitrogens is 1. The molecule has 1 heterocycles. The van der Waals surface area contributed by atoms with Crippen molar-refractivity contribution in [3.05, 3.63) is 29.8 Å². The minimum absolute atomic E-state index is 0.273. The first-order valence-corrected chi connectivity index (χ1v) is 2.48. The predicted molar refractivity (Wildman–Crippen MR) is 29.0 cm³/mol. The van der Waals surface area contributed by atoms with Crippen LogP contribution < -0.4 is 0 Å². The molecule has 1 aromatic rings. The van der Waals surface area contributed by atoms with Crippen LogP contribution in [-0.2, 0) is 6.67 Å². The summed E-state index contributed by atoms with van der Waals surface area (Å²) in [4.78, 5) is 3.44. The van der Waals surface area contributed by atoms with E-state index in [1.54, 1.807) is 0 Å². The van der Waals surface area contributed by atoms with Crippen molar-refractivity contribution in [2.24, 2.45) is 0 Å². The van der Waals surface area contributed by atoms with Crippen LogP contribution in [0.4, 0.5) is 8.78 Å². The summed E-state index contributed by atoms with van der Waals surface area (Å²) in [6.07, 6.45) is 2.34. The summed E-state index contributed by atoms with van der Waals surface area (Å²) in [6.45, 7) is -0.662. The minimum atomic E-state index is -0.662. The maximum absolute atomic E-state index is 12.1. The molecule has 0 aromatic carbocycles. The van der Waals surface area contributed by atoms with Gasteiger partial charge in [-0.05, 0) is 6.07 Å². The van der Waals surface area contributed by atoms with Crippen LogP contribution in [0.2, 0.25) is 0 Å². The molecule has 0 amide bonds. The molecule has 0 N–H and O–H groups in total. The average molecular weight is 129 g/mol. The van der Waals surface area contributed by atoms with E-state index >= 15 is 0 Å². The highest BCUT2D eigenvalue weighted by atomic mass is 19.1. The largest absolute Gasteiger partial charge is 0.261 e. The van der Waals surface area contributed by atoms with Gasteiger partial charge in [-0.2, -0.15) is 0 Å². The Bertz CT molecular complexity index is 200. The maximum atomic E-state index is 12.1. The van der Waals surface area contributed by atoms with Gasteiger partial charge >= 0.3 is 0 Å². The SMILES string of the molecule is FCc1cncc(F)c1. The Hall–Kier alpha value is -0.990. The third kappa shape index (κ3) is 1.45. The molecule has 0 aliphatic rings. The van der Waals surface area contributed by atoms with Crippen molar-refractivity contribution in [3.8, 4) is 0 Å². The molecule has 1 aromatic heterocycles. The van der Waals surface area contributed by atoms with E-state index in [-0.39, 0.29) is 5.56 Å². The zero-order chi connectivity index (χ0) is 6.69. The standard InChI is InChI=1S/C6H5F2N/c7-2-5-1-6(8)4-9-3-5/h1,3-4H,2H2. The molecule has 0 aliphatic carbocycles. The van der Waals surface area contributed by atoms with Crippen molar-refractivity contribution in [2.75, 3.05) is 0 Å². The van der Waals surface area contributed by atoms with Crippen LogP contribution in [-0.4, -0.2) is 4.98 Å². The van der Waals surface area contributed by atoms with Gasteiger partial charge in [0.15, 0.2) is 0 Å². The Morgan fingerprint density at radius 2 is 2.22 bits per heavy atom. The van der Waals surface area contributed by atoms with Gasteiger partial charge in [0.1, 0.15) is 12.5 Å². The van der Waals surface area contributed by atoms with Crippen LogP contribution in [0.25, 0.3) is 0 Å². The van der Waals surface area contributed by atoms with Crippen LogP contribution in [0.3, 0.4) is 0 Å². The fourth-order valence-corrected chi connectivity index (χ4v) is 0.529. The average Bonchev–Trinajstić information content (AvgIpc) is 1.88. The molecule has 3 heteroatoms. The number of rotatable bonds is 1. The molecule has 0 radical (unpaired) electrons. The van der Waals surface area contributed by atoms with Gasteiger partial charge in [-0.3, -0.25) is 4.98 Å². The summed E-state index contributed by atoms with van der Waals surface area (Å²) in [7, 11) is 0. The van der Waals surface area contributed by atoms with Crippen molar-refractivity contribution in [3.63, 3.8) is 0 Å². The van der Waals surface area contributed by atoms with Gasteiger partial charge in [0.25, 0.3) is 0 Å². The lowest BCUT2D eigenvalue weighted by Crippen LogP contribution is -1.82. The van der Waals surface area contributed by atoms with E-state index in [2.05, 4.69) is 4.98 Å². The Kier molecular flexibility index (Phi) is 1.72. The van der Waals surface area contributed by atoms with Gasteiger partial charge in [-0.25, -0.2) is 8.78 Å². The fourth-order valence-electron chi connectivity index (χ4n) is 0.529. The van der Waals surface area contributed by atoms with Gasteiger partial charge in [-0.1, -0.05) is 0 Å². The number of pyridine rings is 1. The van der Waals surface area contributed by atoms with Gasteiger partial charge < -0.3 is 0 Å². The van der Waals surface area contributed by atoms with Crippen molar-refractivity contribution < 1.29 is 8.78 Å². The van der Waals surface area contributed by atoms with Crippen LogP contribution >= 0.6 is 0 Å². The molecule has 0 saturated heterocycles. The normalized spacial score (nSPS) is 9.56. The lowest BCUT2D eigenvalue weighted by Gasteiger charge is -1.90. The highest BCUT2D eigenvalue weighted by Gasteiger charge is 1.92. The molecule has 0 aliphatic heterocycles. The van der Waals surface area contributed by atoms with Crippen LogP contribution in [0.15, 0.2) is 18.5 Å². The fraction of sp³-hybridized carbons (Fsp3) is 0.167. The highest BCUT2D eigenvalue weighted by Crippen LogP contribution is 2.00. The predicted octanol–water partition coefficient (Wildman–Crippen LogP) is 1.69. The van der Waals surface area contributed by atoms with Crippen LogP contribution in [0, 0.1) is 5.82 Å². The Labute approximate surface area is 51.3 Å². The minimum Gasteiger partial charge on any atom is -0.261 e. The molecular weight excluding hydrogens is 124 g/mol. The van der Waals surface area contributed by atoms with Crippen molar-refractivity contribution >= 4 is 0 Å². The van der Waals surface area contributed by atoms with E-state index in [1.165, 1.54) is 6.20 Å². The van der Waals surface area contributed by atoms with Crippen LogP contribution in [0.5, 0.6) is 0 Å². The summed E-state index contributed by atoms with van der Waals surface area (Å²) in [5.74, 6) is -0.495. The summed E-state index contributed by atoms with van der Waals surface area (Å²) >= 11 is 0. The monoisotopic (exact) mass is 129 g/mol. The summed E-state index contributed by atoms with van der Waals surface area (Å²) in [6, 6.07) is 1.12. The number of halogens is 2. The lowest BCUT2D eigenvalue weighted by atomic mass is 10.3. The third-order valence-electron chi connectivity index (χ3n) is 0.916. The quantitative estimate of drug-likeness (QED) is 0.562. The molecule has 0 atom stereocenters. The molecule has 0 unspecified atom stereocenters. The van der Waals surface area contributed by atoms with E-state index in [0.717, 1.165) is 12.3 Å². The lowest BCUT2D eigenvalue weighted by molar-refractivity contribution is 0.480. The zero-order valence-electron chi connectivity index (χ0n) is 4.64. The van der Waals surface area contributed by atoms with Gasteiger partial charge in [-0.15, -0.1) is 0 Å². The molecule has 0 spiro atoms. The van der Waals surface area contributed by atoms with Gasteiger partial charge in [0.2, 0.25) is 0 Å². The second kappa shape index (κ2) is 2.53. The van der Waals surface area contributed by atoms with Gasteiger partial charge in [0.05, 0.1) is 6.20 Å². The molecule has 0 saturated carbocycles. The Morgan fingerprint density at radius 3 is 2.67 bits per heavy atom. The van der Waals surface area contributed by atoms with E-state index in [0.29, 0.717) is 0 Å². The molecule has 9 heavy (non-hydrogen) atoms. The topological polar surface area (TPSA) is 12.9 Å². The van der Waals surface area contributed by atoms with Crippen LogP contribution in [0.1, 0.15) is 5.56 Å². The second-order valence-electron chi connectivity index (χ2n) is 1.65. The molecule has 1 nitrogen and oxygen atoms in total. The molecular formula is C6H5F2N. The third-order valence-corrected chi connectivity index (χ3v) is 0.916. The number of alkyl halides is 1. The summed E-state index contributed by atoms with van der Waals surface area (Å²) in [5.41, 5.74) is 0.273. The smallest absolute Gasteiger partial charge is 0.141 e. The van der Waals surface area contributed by atoms with Gasteiger partial charge in [0, 0.05) is 11.8 Å². The number of nitrogens with zero attached hydrogens (tertiary/aromatic N) is 1. The van der Waals surface area contributed by atoms with Crippen molar-refractivity contribution in [1.29, 1.82) is 0 Å². The summed E-state index contributed by atoms with van der Waals surface area (Å²) < 4.78 is 23.8. The first-order valence-electron chi connectivity index (χ1n) is 2.48. The summed E-state index contributed by atoms with van der Waals surface area (Å²) in [5, 5.41) is 0. The second-order valence-corrected chi connectivity index (χ2v) is 1.65. The van der Waals surface area contributed by atoms with Crippen molar-refractivity contribution in [2.45, 2.75) is 6.67 Å². The van der Waals surface area contributed by atoms with E-state index in [1.807, 2.05) is 0 Å². The van der Waals surface area contributed by atoms with E-state index in [4.69, 9.17) is 0 Å².